The minimum atomic E-state index is -3.68. The van der Waals surface area contributed by atoms with Gasteiger partial charge in [-0.1, -0.05) is 41.9 Å². The van der Waals surface area contributed by atoms with Crippen molar-refractivity contribution in [2.75, 3.05) is 0 Å². The van der Waals surface area contributed by atoms with Crippen LogP contribution in [-0.4, -0.2) is 14.6 Å². The minimum Gasteiger partial charge on any atom is -0.199 e. The highest BCUT2D eigenvalue weighted by Gasteiger charge is 2.13. The highest BCUT2D eigenvalue weighted by Crippen LogP contribution is 2.17. The van der Waals surface area contributed by atoms with Crippen molar-refractivity contribution in [2.45, 2.75) is 11.8 Å². The highest BCUT2D eigenvalue weighted by atomic mass is 35.5. The molecule has 0 aliphatic carbocycles. The summed E-state index contributed by atoms with van der Waals surface area (Å²) in [7, 11) is -3.68. The number of hydrogen-bond acceptors (Lipinski definition) is 2. The zero-order valence-electron chi connectivity index (χ0n) is 10.2. The molecule has 0 heterocycles. The van der Waals surface area contributed by atoms with Crippen molar-refractivity contribution >= 4 is 27.8 Å². The van der Waals surface area contributed by atoms with Gasteiger partial charge < -0.3 is 0 Å². The molecule has 3 nitrogen and oxygen atoms in total. The second-order valence-electron chi connectivity index (χ2n) is 4.03. The van der Waals surface area contributed by atoms with E-state index in [-0.39, 0.29) is 4.90 Å². The molecule has 0 bridgehead atoms. The van der Waals surface area contributed by atoms with Gasteiger partial charge in [0, 0.05) is 11.2 Å². The number of halogens is 1. The summed E-state index contributed by atoms with van der Waals surface area (Å²) in [6, 6.07) is 13.6. The summed E-state index contributed by atoms with van der Waals surface area (Å²) < 4.78 is 27.8. The van der Waals surface area contributed by atoms with Crippen molar-refractivity contribution in [3.05, 3.63) is 64.7 Å². The molecule has 0 atom stereocenters. The van der Waals surface area contributed by atoms with Gasteiger partial charge in [-0.3, -0.25) is 0 Å². The highest BCUT2D eigenvalue weighted by molar-refractivity contribution is 7.90. The molecule has 0 aromatic heterocycles. The van der Waals surface area contributed by atoms with Crippen molar-refractivity contribution < 1.29 is 8.42 Å². The van der Waals surface area contributed by atoms with E-state index in [0.717, 1.165) is 0 Å². The van der Waals surface area contributed by atoms with Gasteiger partial charge >= 0.3 is 0 Å². The fourth-order valence-corrected chi connectivity index (χ4v) is 2.92. The van der Waals surface area contributed by atoms with Crippen LogP contribution >= 0.6 is 11.6 Å². The first-order valence-corrected chi connectivity index (χ1v) is 7.42. The monoisotopic (exact) mass is 293 g/mol. The first-order chi connectivity index (χ1) is 8.99. The first kappa shape index (κ1) is 13.8. The minimum absolute atomic E-state index is 0.216. The summed E-state index contributed by atoms with van der Waals surface area (Å²) in [5, 5.41) is 0.539. The van der Waals surface area contributed by atoms with Crippen LogP contribution in [0.25, 0.3) is 0 Å². The predicted octanol–water partition coefficient (Wildman–Crippen LogP) is 3.46. The fraction of sp³-hybridized carbons (Fsp3) is 0.0714. The Kier molecular flexibility index (Phi) is 4.02. The van der Waals surface area contributed by atoms with E-state index in [1.807, 2.05) is 0 Å². The topological polar surface area (TPSA) is 46.5 Å². The lowest BCUT2D eigenvalue weighted by molar-refractivity contribution is 0.597. The van der Waals surface area contributed by atoms with Gasteiger partial charge in [0.15, 0.2) is 0 Å². The Labute approximate surface area is 117 Å². The maximum absolute atomic E-state index is 12.1. The molecule has 5 heteroatoms. The first-order valence-electron chi connectivity index (χ1n) is 5.60. The number of benzene rings is 2. The van der Waals surface area contributed by atoms with Crippen LogP contribution in [0.15, 0.2) is 57.8 Å². The molecule has 0 saturated heterocycles. The van der Waals surface area contributed by atoms with Crippen LogP contribution in [0.1, 0.15) is 11.1 Å². The van der Waals surface area contributed by atoms with Crippen LogP contribution in [0.4, 0.5) is 0 Å². The number of rotatable bonds is 3. The molecule has 19 heavy (non-hydrogen) atoms. The van der Waals surface area contributed by atoms with Crippen LogP contribution in [0, 0.1) is 6.92 Å². The summed E-state index contributed by atoms with van der Waals surface area (Å²) in [5.74, 6) is 0. The smallest absolute Gasteiger partial charge is 0.199 e. The zero-order valence-corrected chi connectivity index (χ0v) is 11.8. The van der Waals surface area contributed by atoms with Gasteiger partial charge in [0.2, 0.25) is 0 Å². The van der Waals surface area contributed by atoms with Gasteiger partial charge in [0.05, 0.1) is 4.90 Å². The molecule has 0 aliphatic rings. The van der Waals surface area contributed by atoms with E-state index in [9.17, 15) is 8.42 Å². The van der Waals surface area contributed by atoms with E-state index in [2.05, 4.69) is 4.40 Å². The molecule has 0 saturated carbocycles. The molecule has 0 amide bonds. The molecule has 2 aromatic carbocycles. The summed E-state index contributed by atoms with van der Waals surface area (Å²) in [6.07, 6.45) is 1.30. The van der Waals surface area contributed by atoms with Crippen LogP contribution in [0.3, 0.4) is 0 Å². The van der Waals surface area contributed by atoms with Crippen molar-refractivity contribution in [1.29, 1.82) is 0 Å². The number of nitrogens with zero attached hydrogens (tertiary/aromatic N) is 1. The maximum atomic E-state index is 12.1. The predicted molar refractivity (Wildman–Crippen MR) is 77.4 cm³/mol. The fourth-order valence-electron chi connectivity index (χ4n) is 1.62. The molecule has 0 spiro atoms. The van der Waals surface area contributed by atoms with Gasteiger partial charge in [-0.25, -0.2) is 0 Å². The lowest BCUT2D eigenvalue weighted by Crippen LogP contribution is -2.00. The van der Waals surface area contributed by atoms with Crippen molar-refractivity contribution in [3.63, 3.8) is 0 Å². The number of hydrogen-bond donors (Lipinski definition) is 0. The summed E-state index contributed by atoms with van der Waals surface area (Å²) in [4.78, 5) is 0.216. The molecule has 0 radical (unpaired) electrons. The Morgan fingerprint density at radius 3 is 2.53 bits per heavy atom. The van der Waals surface area contributed by atoms with Gasteiger partial charge in [0.25, 0.3) is 10.0 Å². The molecule has 2 rings (SSSR count). The lowest BCUT2D eigenvalue weighted by atomic mass is 10.2. The number of aryl methyl sites for hydroxylation is 1. The molecule has 0 N–H and O–H groups in total. The average molecular weight is 294 g/mol. The van der Waals surface area contributed by atoms with E-state index in [1.54, 1.807) is 55.5 Å². The third kappa shape index (κ3) is 3.43. The zero-order chi connectivity index (χ0) is 13.9. The Morgan fingerprint density at radius 2 is 1.84 bits per heavy atom. The van der Waals surface area contributed by atoms with E-state index in [4.69, 9.17) is 11.6 Å². The maximum Gasteiger partial charge on any atom is 0.282 e. The molecule has 0 fully saturated rings. The standard InChI is InChI=1S/C14H12ClNO2S/c1-11-5-2-3-8-14(11)19(17,18)16-10-12-6-4-7-13(15)9-12/h2-10H,1H3. The second-order valence-corrected chi connectivity index (χ2v) is 6.07. The van der Waals surface area contributed by atoms with E-state index in [0.29, 0.717) is 16.1 Å². The third-order valence-electron chi connectivity index (χ3n) is 2.56. The number of sulfonamides is 1. The molecule has 0 aliphatic heterocycles. The van der Waals surface area contributed by atoms with E-state index in [1.165, 1.54) is 6.21 Å². The summed E-state index contributed by atoms with van der Waals surface area (Å²) in [6.45, 7) is 1.74. The molecule has 0 unspecified atom stereocenters. The Bertz CT molecular complexity index is 724. The Balaban J connectivity index is 2.35. The molecule has 98 valence electrons. The van der Waals surface area contributed by atoms with Crippen LogP contribution in [-0.2, 0) is 10.0 Å². The van der Waals surface area contributed by atoms with Gasteiger partial charge in [0.1, 0.15) is 0 Å². The second kappa shape index (κ2) is 5.55. The van der Waals surface area contributed by atoms with Crippen molar-refractivity contribution in [2.24, 2.45) is 4.40 Å². The van der Waals surface area contributed by atoms with Crippen LogP contribution in [0.5, 0.6) is 0 Å². The normalized spacial score (nSPS) is 11.9. The Hall–Kier alpha value is -1.65. The summed E-state index contributed by atoms with van der Waals surface area (Å²) in [5.41, 5.74) is 1.32. The van der Waals surface area contributed by atoms with E-state index >= 15 is 0 Å². The Morgan fingerprint density at radius 1 is 1.11 bits per heavy atom. The molecular weight excluding hydrogens is 282 g/mol. The quantitative estimate of drug-likeness (QED) is 0.814. The van der Waals surface area contributed by atoms with Gasteiger partial charge in [-0.2, -0.15) is 12.8 Å². The SMILES string of the molecule is Cc1ccccc1S(=O)(=O)N=Cc1cccc(Cl)c1. The lowest BCUT2D eigenvalue weighted by Gasteiger charge is -2.02. The average Bonchev–Trinajstić information content (AvgIpc) is 2.37. The van der Waals surface area contributed by atoms with Crippen LogP contribution < -0.4 is 0 Å². The summed E-state index contributed by atoms with van der Waals surface area (Å²) >= 11 is 5.83. The van der Waals surface area contributed by atoms with Gasteiger partial charge in [-0.05, 0) is 36.2 Å². The van der Waals surface area contributed by atoms with Crippen molar-refractivity contribution in [1.82, 2.24) is 0 Å². The molecule has 2 aromatic rings. The molecular formula is C14H12ClNO2S. The largest absolute Gasteiger partial charge is 0.282 e. The van der Waals surface area contributed by atoms with E-state index < -0.39 is 10.0 Å². The van der Waals surface area contributed by atoms with Crippen molar-refractivity contribution in [3.8, 4) is 0 Å². The van der Waals surface area contributed by atoms with Gasteiger partial charge in [-0.15, -0.1) is 0 Å². The third-order valence-corrected chi connectivity index (χ3v) is 4.19. The van der Waals surface area contributed by atoms with Crippen LogP contribution in [0.2, 0.25) is 5.02 Å².